The van der Waals surface area contributed by atoms with E-state index in [2.05, 4.69) is 14.7 Å². The molecule has 1 amide bonds. The lowest BCUT2D eigenvalue weighted by atomic mass is 10.0. The zero-order valence-electron chi connectivity index (χ0n) is 9.89. The first-order chi connectivity index (χ1) is 9.29. The second kappa shape index (κ2) is 4.93. The molecule has 0 aliphatic carbocycles. The fraction of sp³-hybridized carbons (Fsp3) is 0.182. The van der Waals surface area contributed by atoms with Gasteiger partial charge >= 0.3 is 18.0 Å². The number of nitrogens with zero attached hydrogens (tertiary/aromatic N) is 2. The molecule has 0 radical (unpaired) electrons. The van der Waals surface area contributed by atoms with Crippen molar-refractivity contribution in [3.05, 3.63) is 47.1 Å². The molecule has 1 aromatic heterocycles. The smallest absolute Gasteiger partial charge is 0.361 e. The molecule has 4 N–H and O–H groups in total. The highest BCUT2D eigenvalue weighted by Crippen LogP contribution is 2.31. The Bertz CT molecular complexity index is 639. The highest BCUT2D eigenvalue weighted by molar-refractivity contribution is 5.87. The van der Waals surface area contributed by atoms with Crippen LogP contribution in [0.4, 0.5) is 13.2 Å². The molecule has 0 bridgehead atoms. The fourth-order valence-electron chi connectivity index (χ4n) is 1.52. The average molecular weight is 286 g/mol. The Hall–Kier alpha value is -2.42. The molecule has 106 valence electrons. The minimum Gasteiger partial charge on any atom is -0.361 e. The zero-order chi connectivity index (χ0) is 14.9. The number of amides is 1. The molecule has 0 fully saturated rings. The molecule has 1 heterocycles. The number of aromatic nitrogens is 2. The van der Waals surface area contributed by atoms with Crippen molar-refractivity contribution in [2.45, 2.75) is 12.2 Å². The second-order valence-corrected chi connectivity index (χ2v) is 3.92. The average Bonchev–Trinajstić information content (AvgIpc) is 2.87. The minimum absolute atomic E-state index is 0.127. The minimum atomic E-state index is -4.48. The first-order valence-corrected chi connectivity index (χ1v) is 5.35. The van der Waals surface area contributed by atoms with E-state index in [1.54, 1.807) is 0 Å². The lowest BCUT2D eigenvalue weighted by Gasteiger charge is -2.11. The Kier molecular flexibility index (Phi) is 3.45. The summed E-state index contributed by atoms with van der Waals surface area (Å²) in [4.78, 5) is 14.4. The second-order valence-electron chi connectivity index (χ2n) is 3.92. The quantitative estimate of drug-likeness (QED) is 0.882. The van der Waals surface area contributed by atoms with Crippen molar-refractivity contribution in [3.63, 3.8) is 0 Å². The van der Waals surface area contributed by atoms with Gasteiger partial charge in [0.05, 0.1) is 11.6 Å². The molecular weight excluding hydrogens is 277 g/mol. The molecule has 0 saturated carbocycles. The number of nitrogens with two attached hydrogens (primary N) is 2. The highest BCUT2D eigenvalue weighted by Gasteiger charge is 2.31. The van der Waals surface area contributed by atoms with Crippen LogP contribution in [0.3, 0.4) is 0 Å². The molecule has 1 atom stereocenters. The third-order valence-corrected chi connectivity index (χ3v) is 2.50. The van der Waals surface area contributed by atoms with Gasteiger partial charge in [0.1, 0.15) is 0 Å². The summed E-state index contributed by atoms with van der Waals surface area (Å²) in [6.45, 7) is 0. The van der Waals surface area contributed by atoms with Gasteiger partial charge in [0, 0.05) is 0 Å². The number of carbonyl (C=O) groups excluding carboxylic acids is 1. The van der Waals surface area contributed by atoms with E-state index in [9.17, 15) is 18.0 Å². The van der Waals surface area contributed by atoms with E-state index in [4.69, 9.17) is 11.5 Å². The topological polar surface area (TPSA) is 108 Å². The fourth-order valence-corrected chi connectivity index (χ4v) is 1.52. The largest absolute Gasteiger partial charge is 0.416 e. The molecule has 2 aromatic rings. The number of primary amides is 1. The van der Waals surface area contributed by atoms with E-state index in [0.717, 1.165) is 12.1 Å². The van der Waals surface area contributed by atoms with Gasteiger partial charge in [-0.3, -0.25) is 4.79 Å². The van der Waals surface area contributed by atoms with Gasteiger partial charge in [-0.25, -0.2) is 0 Å². The lowest BCUT2D eigenvalue weighted by molar-refractivity contribution is -0.137. The van der Waals surface area contributed by atoms with E-state index in [-0.39, 0.29) is 11.4 Å². The number of hydrogen-bond donors (Lipinski definition) is 2. The van der Waals surface area contributed by atoms with Crippen molar-refractivity contribution in [2.75, 3.05) is 0 Å². The Labute approximate surface area is 110 Å². The molecular formula is C11H9F3N4O2. The van der Waals surface area contributed by atoms with Crippen molar-refractivity contribution < 1.29 is 22.5 Å². The monoisotopic (exact) mass is 286 g/mol. The van der Waals surface area contributed by atoms with E-state index in [1.165, 1.54) is 12.1 Å². The van der Waals surface area contributed by atoms with E-state index in [0.29, 0.717) is 0 Å². The number of halogens is 3. The zero-order valence-corrected chi connectivity index (χ0v) is 9.89. The van der Waals surface area contributed by atoms with Crippen molar-refractivity contribution in [1.82, 2.24) is 10.1 Å². The molecule has 0 saturated heterocycles. The van der Waals surface area contributed by atoms with Crippen molar-refractivity contribution in [1.29, 1.82) is 0 Å². The van der Waals surface area contributed by atoms with Crippen molar-refractivity contribution in [3.8, 4) is 0 Å². The van der Waals surface area contributed by atoms with Crippen molar-refractivity contribution in [2.24, 2.45) is 11.5 Å². The van der Waals surface area contributed by atoms with Crippen LogP contribution in [-0.4, -0.2) is 16.0 Å². The SMILES string of the molecule is NC(=O)c1nc(C(N)c2cccc(C(F)(F)F)c2)no1. The summed E-state index contributed by atoms with van der Waals surface area (Å²) in [5.41, 5.74) is 9.95. The highest BCUT2D eigenvalue weighted by atomic mass is 19.4. The maximum Gasteiger partial charge on any atom is 0.416 e. The van der Waals surface area contributed by atoms with Gasteiger partial charge in [-0.15, -0.1) is 0 Å². The maximum atomic E-state index is 12.6. The Morgan fingerprint density at radius 1 is 1.35 bits per heavy atom. The van der Waals surface area contributed by atoms with Crippen LogP contribution >= 0.6 is 0 Å². The van der Waals surface area contributed by atoms with Gasteiger partial charge < -0.3 is 16.0 Å². The normalized spacial score (nSPS) is 13.2. The summed E-state index contributed by atoms with van der Waals surface area (Å²) in [5.74, 6) is -1.53. The molecule has 20 heavy (non-hydrogen) atoms. The Morgan fingerprint density at radius 2 is 2.05 bits per heavy atom. The number of carbonyl (C=O) groups is 1. The summed E-state index contributed by atoms with van der Waals surface area (Å²) >= 11 is 0. The number of benzene rings is 1. The Balaban J connectivity index is 2.33. The first-order valence-electron chi connectivity index (χ1n) is 5.35. The van der Waals surface area contributed by atoms with E-state index < -0.39 is 29.6 Å². The standard InChI is InChI=1S/C11H9F3N4O2/c12-11(13,14)6-3-1-2-5(4-6)7(15)9-17-10(8(16)19)20-18-9/h1-4,7H,15H2,(H2,16,19). The predicted molar refractivity (Wildman–Crippen MR) is 60.3 cm³/mol. The molecule has 0 aliphatic rings. The summed E-state index contributed by atoms with van der Waals surface area (Å²) in [6, 6.07) is 3.34. The summed E-state index contributed by atoms with van der Waals surface area (Å²) in [6.07, 6.45) is -4.48. The van der Waals surface area contributed by atoms with Gasteiger partial charge in [-0.2, -0.15) is 18.2 Å². The van der Waals surface area contributed by atoms with E-state index >= 15 is 0 Å². The van der Waals surface area contributed by atoms with Crippen LogP contribution < -0.4 is 11.5 Å². The van der Waals surface area contributed by atoms with Crippen LogP contribution in [0.5, 0.6) is 0 Å². The summed E-state index contributed by atoms with van der Waals surface area (Å²) in [7, 11) is 0. The predicted octanol–water partition coefficient (Wildman–Crippen LogP) is 1.24. The molecule has 2 rings (SSSR count). The van der Waals surface area contributed by atoms with Crippen LogP contribution in [0.1, 0.15) is 33.7 Å². The third kappa shape index (κ3) is 2.77. The van der Waals surface area contributed by atoms with Crippen LogP contribution in [0.25, 0.3) is 0 Å². The number of hydrogen-bond acceptors (Lipinski definition) is 5. The van der Waals surface area contributed by atoms with Gasteiger partial charge in [0.2, 0.25) is 0 Å². The maximum absolute atomic E-state index is 12.6. The molecule has 0 aliphatic heterocycles. The van der Waals surface area contributed by atoms with Crippen LogP contribution in [0, 0.1) is 0 Å². The Morgan fingerprint density at radius 3 is 2.60 bits per heavy atom. The van der Waals surface area contributed by atoms with Gasteiger partial charge in [0.25, 0.3) is 0 Å². The first kappa shape index (κ1) is 14.0. The molecule has 6 nitrogen and oxygen atoms in total. The summed E-state index contributed by atoms with van der Waals surface area (Å²) in [5, 5.41) is 3.41. The van der Waals surface area contributed by atoms with Gasteiger partial charge in [-0.05, 0) is 17.7 Å². The molecule has 1 unspecified atom stereocenters. The molecule has 9 heteroatoms. The van der Waals surface area contributed by atoms with Crippen molar-refractivity contribution >= 4 is 5.91 Å². The lowest BCUT2D eigenvalue weighted by Crippen LogP contribution is -2.16. The van der Waals surface area contributed by atoms with Gasteiger partial charge in [-0.1, -0.05) is 17.3 Å². The summed E-state index contributed by atoms with van der Waals surface area (Å²) < 4.78 is 42.3. The number of alkyl halides is 3. The van der Waals surface area contributed by atoms with Crippen LogP contribution in [0.2, 0.25) is 0 Å². The van der Waals surface area contributed by atoms with Crippen LogP contribution in [0.15, 0.2) is 28.8 Å². The third-order valence-electron chi connectivity index (χ3n) is 2.50. The molecule has 1 aromatic carbocycles. The van der Waals surface area contributed by atoms with Gasteiger partial charge in [0.15, 0.2) is 5.82 Å². The number of rotatable bonds is 3. The van der Waals surface area contributed by atoms with E-state index in [1.807, 2.05) is 0 Å². The van der Waals surface area contributed by atoms with Crippen LogP contribution in [-0.2, 0) is 6.18 Å². The molecule has 0 spiro atoms.